The predicted molar refractivity (Wildman–Crippen MR) is 57.0 cm³/mol. The fourth-order valence-electron chi connectivity index (χ4n) is 1.08. The third-order valence-corrected chi connectivity index (χ3v) is 2.96. The number of nitrogen functional groups attached to an aromatic ring is 1. The molecule has 13 heavy (non-hydrogen) atoms. The highest BCUT2D eigenvalue weighted by Gasteiger charge is 2.08. The quantitative estimate of drug-likeness (QED) is 0.786. The van der Waals surface area contributed by atoms with Crippen LogP contribution in [0.1, 0.15) is 0 Å². The first kappa shape index (κ1) is 8.53. The maximum atomic E-state index is 5.90. The summed E-state index contributed by atoms with van der Waals surface area (Å²) in [6.07, 6.45) is 0. The van der Waals surface area contributed by atoms with Crippen molar-refractivity contribution < 1.29 is 0 Å². The second-order valence-corrected chi connectivity index (χ2v) is 3.93. The molecule has 4 heteroatoms. The zero-order chi connectivity index (χ0) is 9.26. The van der Waals surface area contributed by atoms with E-state index in [1.807, 2.05) is 30.3 Å². The van der Waals surface area contributed by atoms with Gasteiger partial charge in [0.05, 0.1) is 4.88 Å². The van der Waals surface area contributed by atoms with Gasteiger partial charge in [-0.2, -0.15) is 0 Å². The summed E-state index contributed by atoms with van der Waals surface area (Å²) in [6.45, 7) is 0. The van der Waals surface area contributed by atoms with Gasteiger partial charge in [0.15, 0.2) is 5.13 Å². The van der Waals surface area contributed by atoms with E-state index in [1.165, 1.54) is 11.3 Å². The van der Waals surface area contributed by atoms with Crippen molar-refractivity contribution >= 4 is 28.1 Å². The van der Waals surface area contributed by atoms with Gasteiger partial charge in [-0.1, -0.05) is 53.3 Å². The lowest BCUT2D eigenvalue weighted by atomic mass is 10.2. The Morgan fingerprint density at radius 2 is 1.92 bits per heavy atom. The summed E-state index contributed by atoms with van der Waals surface area (Å²) >= 11 is 7.30. The van der Waals surface area contributed by atoms with E-state index < -0.39 is 0 Å². The van der Waals surface area contributed by atoms with Crippen molar-refractivity contribution in [3.63, 3.8) is 0 Å². The molecule has 0 bridgehead atoms. The topological polar surface area (TPSA) is 38.9 Å². The van der Waals surface area contributed by atoms with Crippen LogP contribution in [0.5, 0.6) is 0 Å². The number of thiazole rings is 1. The highest BCUT2D eigenvalue weighted by atomic mass is 35.5. The maximum Gasteiger partial charge on any atom is 0.182 e. The van der Waals surface area contributed by atoms with Crippen LogP contribution in [0.3, 0.4) is 0 Å². The van der Waals surface area contributed by atoms with Crippen LogP contribution in [0.25, 0.3) is 10.4 Å². The molecule has 0 atom stereocenters. The lowest BCUT2D eigenvalue weighted by Crippen LogP contribution is -1.78. The van der Waals surface area contributed by atoms with Crippen LogP contribution in [0.2, 0.25) is 5.15 Å². The largest absolute Gasteiger partial charge is 0.375 e. The van der Waals surface area contributed by atoms with Gasteiger partial charge in [0.25, 0.3) is 0 Å². The van der Waals surface area contributed by atoms with Crippen LogP contribution in [0.15, 0.2) is 30.3 Å². The minimum absolute atomic E-state index is 0.480. The molecule has 0 radical (unpaired) electrons. The molecule has 0 saturated carbocycles. The Morgan fingerprint density at radius 1 is 1.23 bits per heavy atom. The summed E-state index contributed by atoms with van der Waals surface area (Å²) in [5.41, 5.74) is 6.60. The minimum atomic E-state index is 0.480. The van der Waals surface area contributed by atoms with Crippen molar-refractivity contribution in [2.45, 2.75) is 0 Å². The monoisotopic (exact) mass is 210 g/mol. The Morgan fingerprint density at radius 3 is 2.46 bits per heavy atom. The van der Waals surface area contributed by atoms with Crippen molar-refractivity contribution in [1.82, 2.24) is 4.98 Å². The van der Waals surface area contributed by atoms with Gasteiger partial charge in [-0.25, -0.2) is 4.98 Å². The van der Waals surface area contributed by atoms with E-state index in [4.69, 9.17) is 17.3 Å². The van der Waals surface area contributed by atoms with Gasteiger partial charge in [-0.3, -0.25) is 0 Å². The summed E-state index contributed by atoms with van der Waals surface area (Å²) in [5, 5.41) is 0.984. The minimum Gasteiger partial charge on any atom is -0.375 e. The predicted octanol–water partition coefficient (Wildman–Crippen LogP) is 3.05. The molecule has 66 valence electrons. The van der Waals surface area contributed by atoms with Gasteiger partial charge < -0.3 is 5.73 Å². The third kappa shape index (κ3) is 1.66. The van der Waals surface area contributed by atoms with E-state index in [0.29, 0.717) is 10.3 Å². The molecule has 1 aromatic carbocycles. The number of anilines is 1. The average Bonchev–Trinajstić information content (AvgIpc) is 2.47. The molecule has 0 fully saturated rings. The number of nitrogens with two attached hydrogens (primary N) is 1. The zero-order valence-electron chi connectivity index (χ0n) is 6.70. The van der Waals surface area contributed by atoms with Gasteiger partial charge in [0.1, 0.15) is 5.15 Å². The SMILES string of the molecule is Nc1nc(Cl)c(-c2ccccc2)s1. The van der Waals surface area contributed by atoms with Crippen LogP contribution in [0, 0.1) is 0 Å². The van der Waals surface area contributed by atoms with Crippen LogP contribution in [-0.4, -0.2) is 4.98 Å². The molecule has 0 spiro atoms. The Hall–Kier alpha value is -1.06. The first-order chi connectivity index (χ1) is 6.27. The first-order valence-corrected chi connectivity index (χ1v) is 4.94. The van der Waals surface area contributed by atoms with Gasteiger partial charge in [0.2, 0.25) is 0 Å². The summed E-state index contributed by atoms with van der Waals surface area (Å²) in [6, 6.07) is 9.85. The number of rotatable bonds is 1. The van der Waals surface area contributed by atoms with Crippen molar-refractivity contribution in [3.8, 4) is 10.4 Å². The molecule has 0 saturated heterocycles. The molecule has 1 aromatic heterocycles. The number of nitrogens with zero attached hydrogens (tertiary/aromatic N) is 1. The lowest BCUT2D eigenvalue weighted by molar-refractivity contribution is 1.42. The summed E-state index contributed by atoms with van der Waals surface area (Å²) in [4.78, 5) is 4.88. The first-order valence-electron chi connectivity index (χ1n) is 3.74. The molecule has 2 aromatic rings. The second-order valence-electron chi connectivity index (χ2n) is 2.54. The van der Waals surface area contributed by atoms with Gasteiger partial charge in [0, 0.05) is 0 Å². The number of hydrogen-bond acceptors (Lipinski definition) is 3. The maximum absolute atomic E-state index is 5.90. The van der Waals surface area contributed by atoms with Crippen molar-refractivity contribution in [1.29, 1.82) is 0 Å². The van der Waals surface area contributed by atoms with Gasteiger partial charge in [-0.05, 0) is 5.56 Å². The van der Waals surface area contributed by atoms with Crippen molar-refractivity contribution in [2.24, 2.45) is 0 Å². The van der Waals surface area contributed by atoms with Crippen LogP contribution in [-0.2, 0) is 0 Å². The van der Waals surface area contributed by atoms with Crippen molar-refractivity contribution in [3.05, 3.63) is 35.5 Å². The number of benzene rings is 1. The number of halogens is 1. The van der Waals surface area contributed by atoms with E-state index in [1.54, 1.807) is 0 Å². The molecule has 2 nitrogen and oxygen atoms in total. The van der Waals surface area contributed by atoms with Gasteiger partial charge in [-0.15, -0.1) is 0 Å². The molecule has 0 aliphatic rings. The van der Waals surface area contributed by atoms with E-state index in [2.05, 4.69) is 4.98 Å². The Bertz CT molecular complexity index is 411. The summed E-state index contributed by atoms with van der Waals surface area (Å²) < 4.78 is 0. The molecule has 0 unspecified atom stereocenters. The van der Waals surface area contributed by atoms with Crippen LogP contribution >= 0.6 is 22.9 Å². The van der Waals surface area contributed by atoms with E-state index in [-0.39, 0.29) is 0 Å². The summed E-state index contributed by atoms with van der Waals surface area (Å²) in [7, 11) is 0. The fourth-order valence-corrected chi connectivity index (χ4v) is 2.18. The molecular weight excluding hydrogens is 204 g/mol. The third-order valence-electron chi connectivity index (χ3n) is 1.64. The molecule has 2 N–H and O–H groups in total. The van der Waals surface area contributed by atoms with Crippen LogP contribution in [0.4, 0.5) is 5.13 Å². The van der Waals surface area contributed by atoms with E-state index >= 15 is 0 Å². The molecule has 0 amide bonds. The Balaban J connectivity index is 2.53. The fraction of sp³-hybridized carbons (Fsp3) is 0. The van der Waals surface area contributed by atoms with E-state index in [0.717, 1.165) is 10.4 Å². The molecule has 0 aliphatic heterocycles. The summed E-state index contributed by atoms with van der Waals surface area (Å²) in [5.74, 6) is 0. The molecule has 0 aliphatic carbocycles. The number of hydrogen-bond donors (Lipinski definition) is 1. The zero-order valence-corrected chi connectivity index (χ0v) is 8.27. The highest BCUT2D eigenvalue weighted by molar-refractivity contribution is 7.19. The Labute approximate surface area is 85.0 Å². The highest BCUT2D eigenvalue weighted by Crippen LogP contribution is 2.34. The van der Waals surface area contributed by atoms with Crippen molar-refractivity contribution in [2.75, 3.05) is 5.73 Å². The normalized spacial score (nSPS) is 10.2. The van der Waals surface area contributed by atoms with Crippen LogP contribution < -0.4 is 5.73 Å². The molecule has 1 heterocycles. The standard InChI is InChI=1S/C9H7ClN2S/c10-8-7(13-9(11)12-8)6-4-2-1-3-5-6/h1-5H,(H2,11,12). The molecule has 2 rings (SSSR count). The average molecular weight is 211 g/mol. The molecular formula is C9H7ClN2S. The second kappa shape index (κ2) is 3.36. The Kier molecular flexibility index (Phi) is 2.20. The lowest BCUT2D eigenvalue weighted by Gasteiger charge is -1.94. The van der Waals surface area contributed by atoms with Gasteiger partial charge >= 0.3 is 0 Å². The smallest absolute Gasteiger partial charge is 0.182 e. The number of aromatic nitrogens is 1. The van der Waals surface area contributed by atoms with E-state index in [9.17, 15) is 0 Å².